The molecule has 6 heteroatoms. The van der Waals surface area contributed by atoms with Crippen LogP contribution in [0.15, 0.2) is 0 Å². The summed E-state index contributed by atoms with van der Waals surface area (Å²) in [6.45, 7) is 4.99. The Morgan fingerprint density at radius 1 is 0.348 bits per heavy atom. The highest BCUT2D eigenvalue weighted by molar-refractivity contribution is 5.76. The number of rotatable bonds is 60. The summed E-state index contributed by atoms with van der Waals surface area (Å²) < 4.78 is 5.49. The highest BCUT2D eigenvalue weighted by Gasteiger charge is 2.20. The quantitative estimate of drug-likeness (QED) is 0.0417. The van der Waals surface area contributed by atoms with Gasteiger partial charge in [-0.25, -0.2) is 0 Å². The van der Waals surface area contributed by atoms with Crippen LogP contribution in [0.2, 0.25) is 0 Å². The summed E-state index contributed by atoms with van der Waals surface area (Å²) in [5.41, 5.74) is 0. The molecule has 0 saturated carbocycles. The van der Waals surface area contributed by atoms with Crippen molar-refractivity contribution in [1.82, 2.24) is 5.32 Å². The van der Waals surface area contributed by atoms with Gasteiger partial charge in [-0.2, -0.15) is 0 Å². The second-order valence-corrected chi connectivity index (χ2v) is 22.1. The van der Waals surface area contributed by atoms with Crippen molar-refractivity contribution in [3.05, 3.63) is 0 Å². The third kappa shape index (κ3) is 56.0. The average molecular weight is 977 g/mol. The molecule has 0 aliphatic rings. The van der Waals surface area contributed by atoms with E-state index in [-0.39, 0.29) is 18.5 Å². The SMILES string of the molecule is CCCCCCCCCCCCCCCCCCCC(O)C(CO)NC(=O)CCCCCCCCCCCCCCCCCCCCCCCOC(=O)CCCCCCCCCCCCCCCC. The van der Waals surface area contributed by atoms with Crippen LogP contribution in [0.4, 0.5) is 0 Å². The maximum atomic E-state index is 12.5. The number of hydrogen-bond donors (Lipinski definition) is 3. The van der Waals surface area contributed by atoms with Crippen molar-refractivity contribution >= 4 is 11.9 Å². The van der Waals surface area contributed by atoms with Crippen LogP contribution in [-0.2, 0) is 14.3 Å². The van der Waals surface area contributed by atoms with Crippen molar-refractivity contribution in [1.29, 1.82) is 0 Å². The molecule has 69 heavy (non-hydrogen) atoms. The first-order chi connectivity index (χ1) is 34.0. The van der Waals surface area contributed by atoms with Gasteiger partial charge in [0.25, 0.3) is 0 Å². The van der Waals surface area contributed by atoms with Crippen LogP contribution in [0.5, 0.6) is 0 Å². The number of hydrogen-bond acceptors (Lipinski definition) is 5. The molecule has 0 spiro atoms. The molecule has 1 amide bonds. The molecule has 0 aromatic heterocycles. The zero-order valence-electron chi connectivity index (χ0n) is 47.1. The van der Waals surface area contributed by atoms with Gasteiger partial charge >= 0.3 is 5.97 Å². The Kier molecular flexibility index (Phi) is 58.4. The van der Waals surface area contributed by atoms with E-state index in [0.29, 0.717) is 25.9 Å². The Morgan fingerprint density at radius 2 is 0.594 bits per heavy atom. The zero-order chi connectivity index (χ0) is 50.0. The summed E-state index contributed by atoms with van der Waals surface area (Å²) in [5, 5.41) is 23.3. The molecule has 0 saturated heterocycles. The van der Waals surface area contributed by atoms with Crippen molar-refractivity contribution in [2.45, 2.75) is 379 Å². The van der Waals surface area contributed by atoms with Gasteiger partial charge in [0, 0.05) is 12.8 Å². The first kappa shape index (κ1) is 67.9. The highest BCUT2D eigenvalue weighted by atomic mass is 16.5. The fraction of sp³-hybridized carbons (Fsp3) is 0.968. The lowest BCUT2D eigenvalue weighted by Crippen LogP contribution is -2.45. The van der Waals surface area contributed by atoms with E-state index in [0.717, 1.165) is 38.5 Å². The number of carbonyl (C=O) groups excluding carboxylic acids is 2. The van der Waals surface area contributed by atoms with Crippen LogP contribution in [0.3, 0.4) is 0 Å². The van der Waals surface area contributed by atoms with Gasteiger partial charge in [-0.15, -0.1) is 0 Å². The largest absolute Gasteiger partial charge is 0.466 e. The molecule has 6 nitrogen and oxygen atoms in total. The summed E-state index contributed by atoms with van der Waals surface area (Å²) in [7, 11) is 0. The van der Waals surface area contributed by atoms with Crippen LogP contribution >= 0.6 is 0 Å². The van der Waals surface area contributed by atoms with Crippen molar-refractivity contribution < 1.29 is 24.5 Å². The molecule has 0 aromatic carbocycles. The molecule has 0 radical (unpaired) electrons. The monoisotopic (exact) mass is 976 g/mol. The Bertz CT molecular complexity index is 990. The first-order valence-corrected chi connectivity index (χ1v) is 31.8. The van der Waals surface area contributed by atoms with Gasteiger partial charge in [-0.05, 0) is 25.7 Å². The topological polar surface area (TPSA) is 95.9 Å². The number of amides is 1. The second kappa shape index (κ2) is 59.4. The molecular weight excluding hydrogens is 851 g/mol. The molecular formula is C63H125NO5. The van der Waals surface area contributed by atoms with Gasteiger partial charge in [-0.1, -0.05) is 328 Å². The molecule has 2 atom stereocenters. The predicted octanol–water partition coefficient (Wildman–Crippen LogP) is 19.9. The predicted molar refractivity (Wildman–Crippen MR) is 301 cm³/mol. The smallest absolute Gasteiger partial charge is 0.305 e. The molecule has 0 aliphatic carbocycles. The molecule has 0 aliphatic heterocycles. The minimum absolute atomic E-state index is 0.0155. The standard InChI is InChI=1S/C63H125NO5/c1-3-5-7-9-11-13-15-17-19-25-28-31-35-39-43-47-51-55-61(66)60(59-65)64-62(67)56-52-48-44-40-36-32-29-26-23-21-20-22-24-27-30-34-38-42-46-50-54-58-69-63(68)57-53-49-45-41-37-33-18-16-14-12-10-8-6-4-2/h60-61,65-66H,3-59H2,1-2H3,(H,64,67). The number of ether oxygens (including phenoxy) is 1. The molecule has 0 heterocycles. The summed E-state index contributed by atoms with van der Waals surface area (Å²) in [5.74, 6) is -0.0166. The fourth-order valence-electron chi connectivity index (χ4n) is 10.3. The lowest BCUT2D eigenvalue weighted by molar-refractivity contribution is -0.143. The number of unbranched alkanes of at least 4 members (excludes halogenated alkanes) is 49. The van der Waals surface area contributed by atoms with Crippen LogP contribution in [0.1, 0.15) is 367 Å². The van der Waals surface area contributed by atoms with Gasteiger partial charge in [-0.3, -0.25) is 9.59 Å². The van der Waals surface area contributed by atoms with Crippen LogP contribution in [-0.4, -0.2) is 47.4 Å². The van der Waals surface area contributed by atoms with E-state index in [1.54, 1.807) is 0 Å². The summed E-state index contributed by atoms with van der Waals surface area (Å²) in [6.07, 6.45) is 69.7. The third-order valence-electron chi connectivity index (χ3n) is 15.2. The maximum absolute atomic E-state index is 12.5. The van der Waals surface area contributed by atoms with E-state index < -0.39 is 12.1 Å². The number of aliphatic hydroxyl groups is 2. The molecule has 0 fully saturated rings. The van der Waals surface area contributed by atoms with E-state index in [1.807, 2.05) is 0 Å². The molecule has 2 unspecified atom stereocenters. The van der Waals surface area contributed by atoms with Crippen LogP contribution in [0, 0.1) is 0 Å². The van der Waals surface area contributed by atoms with Crippen LogP contribution < -0.4 is 5.32 Å². The minimum atomic E-state index is -0.664. The number of nitrogens with one attached hydrogen (secondary N) is 1. The summed E-state index contributed by atoms with van der Waals surface area (Å²) in [4.78, 5) is 24.6. The van der Waals surface area contributed by atoms with Crippen molar-refractivity contribution in [2.24, 2.45) is 0 Å². The average Bonchev–Trinajstić information content (AvgIpc) is 3.35. The van der Waals surface area contributed by atoms with Gasteiger partial charge < -0.3 is 20.3 Å². The van der Waals surface area contributed by atoms with E-state index in [1.165, 1.54) is 295 Å². The molecule has 412 valence electrons. The zero-order valence-corrected chi connectivity index (χ0v) is 47.1. The van der Waals surface area contributed by atoms with Gasteiger partial charge in [0.1, 0.15) is 0 Å². The van der Waals surface area contributed by atoms with Crippen molar-refractivity contribution in [3.8, 4) is 0 Å². The van der Waals surface area contributed by atoms with E-state index >= 15 is 0 Å². The fourth-order valence-corrected chi connectivity index (χ4v) is 10.3. The Labute approximate surface area is 432 Å². The first-order valence-electron chi connectivity index (χ1n) is 31.8. The van der Waals surface area contributed by atoms with Gasteiger partial charge in [0.2, 0.25) is 5.91 Å². The van der Waals surface area contributed by atoms with Crippen molar-refractivity contribution in [2.75, 3.05) is 13.2 Å². The normalized spacial score (nSPS) is 12.5. The Morgan fingerprint density at radius 3 is 0.884 bits per heavy atom. The Hall–Kier alpha value is -1.14. The van der Waals surface area contributed by atoms with E-state index in [4.69, 9.17) is 4.74 Å². The minimum Gasteiger partial charge on any atom is -0.466 e. The van der Waals surface area contributed by atoms with Crippen molar-refractivity contribution in [3.63, 3.8) is 0 Å². The lowest BCUT2D eigenvalue weighted by atomic mass is 10.0. The van der Waals surface area contributed by atoms with Gasteiger partial charge in [0.05, 0.1) is 25.4 Å². The molecule has 3 N–H and O–H groups in total. The molecule has 0 bridgehead atoms. The number of esters is 1. The summed E-state index contributed by atoms with van der Waals surface area (Å²) >= 11 is 0. The Balaban J connectivity index is 3.37. The molecule has 0 aromatic rings. The lowest BCUT2D eigenvalue weighted by Gasteiger charge is -2.22. The maximum Gasteiger partial charge on any atom is 0.305 e. The number of carbonyl (C=O) groups is 2. The van der Waals surface area contributed by atoms with E-state index in [2.05, 4.69) is 19.2 Å². The van der Waals surface area contributed by atoms with E-state index in [9.17, 15) is 19.8 Å². The second-order valence-electron chi connectivity index (χ2n) is 22.1. The number of aliphatic hydroxyl groups excluding tert-OH is 2. The van der Waals surface area contributed by atoms with Crippen LogP contribution in [0.25, 0.3) is 0 Å². The third-order valence-corrected chi connectivity index (χ3v) is 15.2. The highest BCUT2D eigenvalue weighted by Crippen LogP contribution is 2.19. The van der Waals surface area contributed by atoms with Gasteiger partial charge in [0.15, 0.2) is 0 Å². The summed E-state index contributed by atoms with van der Waals surface area (Å²) in [6, 6.07) is -0.541. The molecule has 0 rings (SSSR count).